The van der Waals surface area contributed by atoms with Gasteiger partial charge in [-0.05, 0) is 43.9 Å². The molecule has 2 aromatic rings. The fourth-order valence-corrected chi connectivity index (χ4v) is 4.48. The number of benzene rings is 1. The molecule has 3 atom stereocenters. The van der Waals surface area contributed by atoms with Crippen LogP contribution in [0.5, 0.6) is 0 Å². The quantitative estimate of drug-likeness (QED) is 0.870. The standard InChI is InChI=1S/C18H24N2/c1-2-6-17-15-8-5-11-20(17)12-10-14-13-7-3-4-9-16(13)19-18(14)15/h3-4,7,9,15,17,19H,2,5-6,8,10-12H2,1H3/t15-,17?/m1/s1. The smallest absolute Gasteiger partial charge is 0.0459 e. The molecular weight excluding hydrogens is 244 g/mol. The fraction of sp³-hybridized carbons (Fsp3) is 0.556. The number of aromatic nitrogens is 1. The van der Waals surface area contributed by atoms with E-state index in [2.05, 4.69) is 41.1 Å². The number of para-hydroxylation sites is 1. The molecule has 0 amide bonds. The van der Waals surface area contributed by atoms with Crippen molar-refractivity contribution in [2.45, 2.75) is 51.0 Å². The van der Waals surface area contributed by atoms with Crippen LogP contribution in [0.4, 0.5) is 0 Å². The molecule has 2 aliphatic rings. The second-order valence-corrected chi connectivity index (χ2v) is 6.45. The van der Waals surface area contributed by atoms with Gasteiger partial charge in [-0.15, -0.1) is 0 Å². The van der Waals surface area contributed by atoms with E-state index in [1.165, 1.54) is 56.1 Å². The molecule has 0 aliphatic carbocycles. The van der Waals surface area contributed by atoms with Crippen molar-refractivity contribution < 1.29 is 0 Å². The molecule has 2 nitrogen and oxygen atoms in total. The van der Waals surface area contributed by atoms with Crippen LogP contribution in [-0.4, -0.2) is 29.0 Å². The molecule has 2 heteroatoms. The Hall–Kier alpha value is -1.28. The number of H-pyrrole nitrogens is 1. The highest BCUT2D eigenvalue weighted by atomic mass is 15.2. The number of piperidine rings is 1. The van der Waals surface area contributed by atoms with Crippen LogP contribution in [-0.2, 0) is 6.42 Å². The lowest BCUT2D eigenvalue weighted by molar-refractivity contribution is 0.125. The van der Waals surface area contributed by atoms with E-state index in [-0.39, 0.29) is 0 Å². The molecule has 2 aliphatic heterocycles. The van der Waals surface area contributed by atoms with Gasteiger partial charge < -0.3 is 4.98 Å². The molecular formula is C18H24N2. The SMILES string of the molecule is CCCC1[C@H]2CCCN1CCc1c2[nH]c2ccccc12. The maximum absolute atomic E-state index is 3.77. The monoisotopic (exact) mass is 268 g/mol. The van der Waals surface area contributed by atoms with E-state index < -0.39 is 0 Å². The predicted molar refractivity (Wildman–Crippen MR) is 84.2 cm³/mol. The molecule has 1 fully saturated rings. The third-order valence-corrected chi connectivity index (χ3v) is 5.34. The molecule has 1 saturated heterocycles. The first-order valence-electron chi connectivity index (χ1n) is 8.22. The number of hydrogen-bond acceptors (Lipinski definition) is 1. The molecule has 0 spiro atoms. The van der Waals surface area contributed by atoms with Gasteiger partial charge in [-0.1, -0.05) is 31.5 Å². The van der Waals surface area contributed by atoms with Gasteiger partial charge in [0.1, 0.15) is 0 Å². The van der Waals surface area contributed by atoms with Crippen molar-refractivity contribution in [2.75, 3.05) is 13.1 Å². The van der Waals surface area contributed by atoms with Crippen LogP contribution < -0.4 is 0 Å². The topological polar surface area (TPSA) is 19.0 Å². The van der Waals surface area contributed by atoms with E-state index in [0.29, 0.717) is 0 Å². The minimum atomic E-state index is 0.730. The third-order valence-electron chi connectivity index (χ3n) is 5.34. The molecule has 1 aromatic carbocycles. The first-order valence-corrected chi connectivity index (χ1v) is 8.22. The van der Waals surface area contributed by atoms with Gasteiger partial charge in [-0.25, -0.2) is 0 Å². The largest absolute Gasteiger partial charge is 0.358 e. The number of hydrogen-bond donors (Lipinski definition) is 1. The maximum atomic E-state index is 3.77. The Morgan fingerprint density at radius 1 is 1.25 bits per heavy atom. The molecule has 2 unspecified atom stereocenters. The first kappa shape index (κ1) is 12.5. The predicted octanol–water partition coefficient (Wildman–Crippen LogP) is 4.07. The lowest BCUT2D eigenvalue weighted by Gasteiger charge is -2.39. The van der Waals surface area contributed by atoms with Crippen LogP contribution in [0, 0.1) is 0 Å². The minimum absolute atomic E-state index is 0.730. The molecule has 0 saturated carbocycles. The lowest BCUT2D eigenvalue weighted by Crippen LogP contribution is -2.43. The summed E-state index contributed by atoms with van der Waals surface area (Å²) in [5.74, 6) is 0.730. The van der Waals surface area contributed by atoms with Crippen LogP contribution in [0.1, 0.15) is 49.8 Å². The molecule has 20 heavy (non-hydrogen) atoms. The number of aromatic amines is 1. The Bertz CT molecular complexity index is 613. The van der Waals surface area contributed by atoms with E-state index in [4.69, 9.17) is 0 Å². The van der Waals surface area contributed by atoms with E-state index >= 15 is 0 Å². The van der Waals surface area contributed by atoms with Crippen molar-refractivity contribution in [3.63, 3.8) is 0 Å². The first-order chi connectivity index (χ1) is 9.88. The summed E-state index contributed by atoms with van der Waals surface area (Å²) in [7, 11) is 0. The summed E-state index contributed by atoms with van der Waals surface area (Å²) in [6, 6.07) is 9.62. The van der Waals surface area contributed by atoms with Gasteiger partial charge in [0.25, 0.3) is 0 Å². The average Bonchev–Trinajstić information content (AvgIpc) is 2.82. The Morgan fingerprint density at radius 2 is 2.15 bits per heavy atom. The summed E-state index contributed by atoms with van der Waals surface area (Å²) in [5.41, 5.74) is 4.51. The summed E-state index contributed by atoms with van der Waals surface area (Å²) in [6.07, 6.45) is 6.59. The molecule has 0 radical (unpaired) electrons. The molecule has 4 rings (SSSR count). The number of nitrogens with zero attached hydrogens (tertiary/aromatic N) is 1. The highest BCUT2D eigenvalue weighted by molar-refractivity contribution is 5.85. The van der Waals surface area contributed by atoms with Crippen LogP contribution in [0.2, 0.25) is 0 Å². The van der Waals surface area contributed by atoms with Gasteiger partial charge >= 0.3 is 0 Å². The normalized spacial score (nSPS) is 29.1. The summed E-state index contributed by atoms with van der Waals surface area (Å²) in [6.45, 7) is 4.88. The summed E-state index contributed by atoms with van der Waals surface area (Å²) >= 11 is 0. The number of rotatable bonds is 2. The number of nitrogens with one attached hydrogen (secondary N) is 1. The second kappa shape index (κ2) is 4.92. The molecule has 106 valence electrons. The van der Waals surface area contributed by atoms with Crippen molar-refractivity contribution in [1.82, 2.24) is 9.88 Å². The van der Waals surface area contributed by atoms with E-state index in [0.717, 1.165) is 12.0 Å². The molecule has 1 aromatic heterocycles. The highest BCUT2D eigenvalue weighted by Crippen LogP contribution is 2.41. The zero-order valence-corrected chi connectivity index (χ0v) is 12.4. The Morgan fingerprint density at radius 3 is 3.05 bits per heavy atom. The minimum Gasteiger partial charge on any atom is -0.358 e. The Balaban J connectivity index is 1.85. The molecule has 1 N–H and O–H groups in total. The number of fused-ring (bicyclic) bond motifs is 6. The van der Waals surface area contributed by atoms with Crippen molar-refractivity contribution in [2.24, 2.45) is 0 Å². The Kier molecular flexibility index (Phi) is 3.07. The lowest BCUT2D eigenvalue weighted by atomic mass is 9.84. The van der Waals surface area contributed by atoms with Crippen molar-refractivity contribution in [3.05, 3.63) is 35.5 Å². The van der Waals surface area contributed by atoms with E-state index in [1.807, 2.05) is 0 Å². The van der Waals surface area contributed by atoms with Gasteiger partial charge in [-0.2, -0.15) is 0 Å². The molecule has 3 heterocycles. The average molecular weight is 268 g/mol. The van der Waals surface area contributed by atoms with Gasteiger partial charge in [-0.3, -0.25) is 4.90 Å². The van der Waals surface area contributed by atoms with Gasteiger partial charge in [0.2, 0.25) is 0 Å². The van der Waals surface area contributed by atoms with Gasteiger partial charge in [0, 0.05) is 35.1 Å². The van der Waals surface area contributed by atoms with E-state index in [9.17, 15) is 0 Å². The summed E-state index contributed by atoms with van der Waals surface area (Å²) < 4.78 is 0. The second-order valence-electron chi connectivity index (χ2n) is 6.45. The Labute approximate surface area is 121 Å². The van der Waals surface area contributed by atoms with E-state index in [1.54, 1.807) is 11.3 Å². The fourth-order valence-electron chi connectivity index (χ4n) is 4.48. The summed E-state index contributed by atoms with van der Waals surface area (Å²) in [5, 5.41) is 1.46. The molecule has 2 bridgehead atoms. The van der Waals surface area contributed by atoms with Crippen molar-refractivity contribution in [1.29, 1.82) is 0 Å². The zero-order chi connectivity index (χ0) is 13.5. The summed E-state index contributed by atoms with van der Waals surface area (Å²) in [4.78, 5) is 6.54. The maximum Gasteiger partial charge on any atom is 0.0459 e. The van der Waals surface area contributed by atoms with Crippen molar-refractivity contribution in [3.8, 4) is 0 Å². The van der Waals surface area contributed by atoms with Crippen molar-refractivity contribution >= 4 is 10.9 Å². The highest BCUT2D eigenvalue weighted by Gasteiger charge is 2.36. The van der Waals surface area contributed by atoms with Crippen LogP contribution in [0.15, 0.2) is 24.3 Å². The van der Waals surface area contributed by atoms with Gasteiger partial charge in [0.15, 0.2) is 0 Å². The van der Waals surface area contributed by atoms with Crippen LogP contribution >= 0.6 is 0 Å². The van der Waals surface area contributed by atoms with Gasteiger partial charge in [0.05, 0.1) is 0 Å². The van der Waals surface area contributed by atoms with Crippen LogP contribution in [0.25, 0.3) is 10.9 Å². The third kappa shape index (κ3) is 1.81. The van der Waals surface area contributed by atoms with Crippen LogP contribution in [0.3, 0.4) is 0 Å². The zero-order valence-electron chi connectivity index (χ0n) is 12.4.